The van der Waals surface area contributed by atoms with E-state index in [4.69, 9.17) is 10.8 Å². The molecule has 14 heavy (non-hydrogen) atoms. The smallest absolute Gasteiger partial charge is 0.378 e. The van der Waals surface area contributed by atoms with Gasteiger partial charge in [0.05, 0.1) is 19.1 Å². The van der Waals surface area contributed by atoms with Gasteiger partial charge in [0.1, 0.15) is 0 Å². The zero-order valence-corrected chi connectivity index (χ0v) is 7.51. The second-order valence-corrected chi connectivity index (χ2v) is 3.51. The van der Waals surface area contributed by atoms with E-state index in [1.54, 1.807) is 0 Å². The average molecular weight is 212 g/mol. The molecule has 0 aromatic carbocycles. The summed E-state index contributed by atoms with van der Waals surface area (Å²) in [4.78, 5) is 11.9. The summed E-state index contributed by atoms with van der Waals surface area (Å²) in [6, 6.07) is -0.840. The number of hydrogen-bond acceptors (Lipinski definition) is 3. The van der Waals surface area contributed by atoms with E-state index in [-0.39, 0.29) is 0 Å². The van der Waals surface area contributed by atoms with Crippen molar-refractivity contribution in [2.24, 2.45) is 5.73 Å². The van der Waals surface area contributed by atoms with Gasteiger partial charge in [0.2, 0.25) is 5.91 Å². The second-order valence-electron chi connectivity index (χ2n) is 3.51. The third-order valence-electron chi connectivity index (χ3n) is 2.13. The van der Waals surface area contributed by atoms with Gasteiger partial charge in [-0.3, -0.25) is 4.79 Å². The van der Waals surface area contributed by atoms with Crippen LogP contribution in [0.25, 0.3) is 0 Å². The summed E-state index contributed by atoms with van der Waals surface area (Å²) in [7, 11) is 0. The van der Waals surface area contributed by atoms with E-state index >= 15 is 0 Å². The third kappa shape index (κ3) is 1.69. The van der Waals surface area contributed by atoms with E-state index in [1.807, 2.05) is 0 Å². The van der Waals surface area contributed by atoms with Gasteiger partial charge in [0.15, 0.2) is 5.60 Å². The Kier molecular flexibility index (Phi) is 2.49. The Hall–Kier alpha value is -0.820. The molecule has 0 radical (unpaired) electrons. The molecule has 7 heteroatoms. The number of likely N-dealkylation sites (tertiary alicyclic amines) is 1. The number of carbonyl (C=O) groups excluding carboxylic acids is 1. The van der Waals surface area contributed by atoms with Gasteiger partial charge in [-0.05, 0) is 6.92 Å². The highest BCUT2D eigenvalue weighted by molar-refractivity contribution is 5.82. The number of halogens is 3. The molecule has 0 aromatic heterocycles. The molecule has 1 amide bonds. The maximum atomic E-state index is 12.1. The lowest BCUT2D eigenvalue weighted by atomic mass is 9.93. The predicted octanol–water partition coefficient (Wildman–Crippen LogP) is -0.531. The number of aliphatic hydroxyl groups is 1. The first-order valence-electron chi connectivity index (χ1n) is 4.01. The monoisotopic (exact) mass is 212 g/mol. The number of nitrogens with two attached hydrogens (primary N) is 1. The summed E-state index contributed by atoms with van der Waals surface area (Å²) in [5.41, 5.74) is 2.44. The molecule has 0 unspecified atom stereocenters. The Bertz CT molecular complexity index is 246. The van der Waals surface area contributed by atoms with Gasteiger partial charge in [-0.1, -0.05) is 0 Å². The van der Waals surface area contributed by atoms with Crippen molar-refractivity contribution in [3.05, 3.63) is 0 Å². The van der Waals surface area contributed by atoms with Gasteiger partial charge in [-0.2, -0.15) is 13.2 Å². The van der Waals surface area contributed by atoms with Crippen LogP contribution >= 0.6 is 0 Å². The minimum absolute atomic E-state index is 0.584. The summed E-state index contributed by atoms with van der Waals surface area (Å²) >= 11 is 0. The van der Waals surface area contributed by atoms with E-state index in [1.165, 1.54) is 6.92 Å². The predicted molar refractivity (Wildman–Crippen MR) is 41.2 cm³/mol. The minimum atomic E-state index is -4.69. The summed E-state index contributed by atoms with van der Waals surface area (Å²) < 4.78 is 36.3. The quantitative estimate of drug-likeness (QED) is 0.614. The Balaban J connectivity index is 2.55. The molecule has 3 N–H and O–H groups in total. The molecule has 1 aliphatic heterocycles. The van der Waals surface area contributed by atoms with Gasteiger partial charge in [-0.25, -0.2) is 0 Å². The summed E-state index contributed by atoms with van der Waals surface area (Å²) in [6.45, 7) is -0.0684. The van der Waals surface area contributed by atoms with Crippen molar-refractivity contribution < 1.29 is 23.1 Å². The normalized spacial score (nSPS) is 22.9. The Labute approximate surface area is 78.5 Å². The molecular formula is C7H11F3N2O2. The number of rotatable bonds is 1. The fourth-order valence-corrected chi connectivity index (χ4v) is 1.21. The standard InChI is InChI=1S/C7H11F3N2O2/c1-4(11)5(13)12-2-6(14,3-12)7(8,9)10/h4,14H,2-3,11H2,1H3/t4-/m1/s1. The molecule has 0 aromatic rings. The molecular weight excluding hydrogens is 201 g/mol. The summed E-state index contributed by atoms with van der Waals surface area (Å²) in [6.07, 6.45) is -4.69. The average Bonchev–Trinajstić information content (AvgIpc) is 1.94. The van der Waals surface area contributed by atoms with Crippen LogP contribution in [0.4, 0.5) is 13.2 Å². The number of alkyl halides is 3. The highest BCUT2D eigenvalue weighted by Gasteiger charge is 2.62. The first-order chi connectivity index (χ1) is 6.17. The molecule has 4 nitrogen and oxygen atoms in total. The largest absolute Gasteiger partial charge is 0.420 e. The van der Waals surface area contributed by atoms with Crippen molar-refractivity contribution in [2.45, 2.75) is 24.7 Å². The van der Waals surface area contributed by atoms with Crippen LogP contribution in [0.3, 0.4) is 0 Å². The van der Waals surface area contributed by atoms with Gasteiger partial charge < -0.3 is 15.7 Å². The van der Waals surface area contributed by atoms with Crippen molar-refractivity contribution >= 4 is 5.91 Å². The lowest BCUT2D eigenvalue weighted by Crippen LogP contribution is -2.71. The highest BCUT2D eigenvalue weighted by atomic mass is 19.4. The lowest BCUT2D eigenvalue weighted by molar-refractivity contribution is -0.297. The SMILES string of the molecule is C[C@@H](N)C(=O)N1CC(O)(C(F)(F)F)C1. The van der Waals surface area contributed by atoms with Crippen LogP contribution in [0.1, 0.15) is 6.92 Å². The fourth-order valence-electron chi connectivity index (χ4n) is 1.21. The maximum absolute atomic E-state index is 12.1. The van der Waals surface area contributed by atoms with Crippen molar-refractivity contribution in [1.82, 2.24) is 4.90 Å². The lowest BCUT2D eigenvalue weighted by Gasteiger charge is -2.47. The van der Waals surface area contributed by atoms with Crippen molar-refractivity contribution in [3.8, 4) is 0 Å². The molecule has 1 atom stereocenters. The molecule has 1 aliphatic rings. The maximum Gasteiger partial charge on any atom is 0.420 e. The van der Waals surface area contributed by atoms with Crippen LogP contribution in [0.15, 0.2) is 0 Å². The first-order valence-corrected chi connectivity index (χ1v) is 4.01. The van der Waals surface area contributed by atoms with Crippen molar-refractivity contribution in [2.75, 3.05) is 13.1 Å². The zero-order chi connectivity index (χ0) is 11.1. The van der Waals surface area contributed by atoms with Crippen LogP contribution in [-0.4, -0.2) is 46.8 Å². The number of carbonyl (C=O) groups is 1. The summed E-state index contributed by atoms with van der Waals surface area (Å²) in [5, 5.41) is 8.99. The molecule has 0 saturated carbocycles. The van der Waals surface area contributed by atoms with Gasteiger partial charge in [-0.15, -0.1) is 0 Å². The van der Waals surface area contributed by atoms with Crippen LogP contribution in [0.5, 0.6) is 0 Å². The van der Waals surface area contributed by atoms with Crippen LogP contribution < -0.4 is 5.73 Å². The second kappa shape index (κ2) is 3.09. The van der Waals surface area contributed by atoms with Crippen molar-refractivity contribution in [1.29, 1.82) is 0 Å². The van der Waals surface area contributed by atoms with E-state index in [0.717, 1.165) is 4.90 Å². The van der Waals surface area contributed by atoms with Crippen LogP contribution in [-0.2, 0) is 4.79 Å². The highest BCUT2D eigenvalue weighted by Crippen LogP contribution is 2.37. The van der Waals surface area contributed by atoms with Gasteiger partial charge in [0.25, 0.3) is 0 Å². The Morgan fingerprint density at radius 1 is 1.57 bits per heavy atom. The van der Waals surface area contributed by atoms with E-state index in [2.05, 4.69) is 0 Å². The molecule has 1 saturated heterocycles. The first kappa shape index (κ1) is 11.3. The Morgan fingerprint density at radius 3 is 2.29 bits per heavy atom. The van der Waals surface area contributed by atoms with Gasteiger partial charge in [0, 0.05) is 0 Å². The number of β-amino-alcohol motifs (C(OH)–C–C–N with tert-alkyl or cyclic N) is 1. The molecule has 1 rings (SSSR count). The minimum Gasteiger partial charge on any atom is -0.378 e. The zero-order valence-electron chi connectivity index (χ0n) is 7.51. The molecule has 1 fully saturated rings. The topological polar surface area (TPSA) is 66.6 Å². The van der Waals surface area contributed by atoms with E-state index in [0.29, 0.717) is 0 Å². The molecule has 0 spiro atoms. The molecule has 1 heterocycles. The number of nitrogens with zero attached hydrogens (tertiary/aromatic N) is 1. The van der Waals surface area contributed by atoms with E-state index in [9.17, 15) is 18.0 Å². The van der Waals surface area contributed by atoms with Crippen LogP contribution in [0.2, 0.25) is 0 Å². The fraction of sp³-hybridized carbons (Fsp3) is 0.857. The van der Waals surface area contributed by atoms with E-state index < -0.39 is 36.8 Å². The summed E-state index contributed by atoms with van der Waals surface area (Å²) in [5.74, 6) is -0.584. The molecule has 0 aliphatic carbocycles. The third-order valence-corrected chi connectivity index (χ3v) is 2.13. The van der Waals surface area contributed by atoms with Crippen LogP contribution in [0, 0.1) is 0 Å². The number of hydrogen-bond donors (Lipinski definition) is 2. The Morgan fingerprint density at radius 2 is 2.00 bits per heavy atom. The van der Waals surface area contributed by atoms with Gasteiger partial charge >= 0.3 is 6.18 Å². The number of amides is 1. The van der Waals surface area contributed by atoms with Crippen molar-refractivity contribution in [3.63, 3.8) is 0 Å². The molecule has 82 valence electrons. The molecule has 0 bridgehead atoms.